The van der Waals surface area contributed by atoms with Crippen LogP contribution in [0.3, 0.4) is 0 Å². The first kappa shape index (κ1) is 15.3. The van der Waals surface area contributed by atoms with Crippen molar-refractivity contribution in [2.45, 2.75) is 6.54 Å². The molecule has 5 nitrogen and oxygen atoms in total. The molecule has 1 N–H and O–H groups in total. The molecular formula is C15H16BrN3O2. The van der Waals surface area contributed by atoms with Gasteiger partial charge in [-0.2, -0.15) is 0 Å². The number of carboxylic acid groups (broad SMARTS) is 1. The SMILES string of the molecule is CN(Cc1nccn1C)c1ccc(/C=C/C(=O)O)cc1Br. The summed E-state index contributed by atoms with van der Waals surface area (Å²) in [6.07, 6.45) is 6.38. The molecule has 0 unspecified atom stereocenters. The van der Waals surface area contributed by atoms with Crippen LogP contribution in [0.15, 0.2) is 41.1 Å². The quantitative estimate of drug-likeness (QED) is 0.843. The number of hydrogen-bond acceptors (Lipinski definition) is 3. The predicted octanol–water partition coefficient (Wildman–Crippen LogP) is 2.92. The zero-order valence-corrected chi connectivity index (χ0v) is 13.4. The average Bonchev–Trinajstić information content (AvgIpc) is 2.82. The third kappa shape index (κ3) is 3.95. The fourth-order valence-corrected chi connectivity index (χ4v) is 2.65. The standard InChI is InChI=1S/C15H16BrN3O2/c1-18-8-7-17-14(18)10-19(2)13-5-3-11(9-12(13)16)4-6-15(20)21/h3-9H,10H2,1-2H3,(H,20,21)/b6-4+. The van der Waals surface area contributed by atoms with Crippen molar-refractivity contribution in [3.8, 4) is 0 Å². The average molecular weight is 350 g/mol. The summed E-state index contributed by atoms with van der Waals surface area (Å²) < 4.78 is 2.89. The summed E-state index contributed by atoms with van der Waals surface area (Å²) in [6.45, 7) is 0.687. The Hall–Kier alpha value is -2.08. The zero-order chi connectivity index (χ0) is 15.4. The fourth-order valence-electron chi connectivity index (χ4n) is 1.95. The fraction of sp³-hybridized carbons (Fsp3) is 0.200. The number of halogens is 1. The molecule has 6 heteroatoms. The van der Waals surface area contributed by atoms with Gasteiger partial charge in [0.05, 0.1) is 12.2 Å². The van der Waals surface area contributed by atoms with E-state index in [0.717, 1.165) is 27.6 Å². The summed E-state index contributed by atoms with van der Waals surface area (Å²) in [6, 6.07) is 5.73. The van der Waals surface area contributed by atoms with Gasteiger partial charge in [-0.15, -0.1) is 0 Å². The number of benzene rings is 1. The summed E-state index contributed by atoms with van der Waals surface area (Å²) in [7, 11) is 3.95. The highest BCUT2D eigenvalue weighted by Crippen LogP contribution is 2.28. The van der Waals surface area contributed by atoms with Crippen LogP contribution in [0.25, 0.3) is 6.08 Å². The minimum Gasteiger partial charge on any atom is -0.478 e. The van der Waals surface area contributed by atoms with E-state index in [-0.39, 0.29) is 0 Å². The first-order chi connectivity index (χ1) is 9.97. The van der Waals surface area contributed by atoms with Crippen LogP contribution in [-0.4, -0.2) is 27.7 Å². The van der Waals surface area contributed by atoms with Crippen LogP contribution in [0, 0.1) is 0 Å². The smallest absolute Gasteiger partial charge is 0.328 e. The minimum atomic E-state index is -0.956. The lowest BCUT2D eigenvalue weighted by Gasteiger charge is -2.20. The van der Waals surface area contributed by atoms with Crippen molar-refractivity contribution in [2.24, 2.45) is 7.05 Å². The lowest BCUT2D eigenvalue weighted by Crippen LogP contribution is -2.19. The molecule has 0 spiro atoms. The molecule has 0 atom stereocenters. The lowest BCUT2D eigenvalue weighted by atomic mass is 10.2. The van der Waals surface area contributed by atoms with Crippen LogP contribution in [0.5, 0.6) is 0 Å². The van der Waals surface area contributed by atoms with E-state index < -0.39 is 5.97 Å². The number of aryl methyl sites for hydroxylation is 1. The number of carbonyl (C=O) groups is 1. The normalized spacial score (nSPS) is 11.0. The van der Waals surface area contributed by atoms with Crippen molar-refractivity contribution >= 4 is 33.7 Å². The molecule has 0 saturated carbocycles. The van der Waals surface area contributed by atoms with Gasteiger partial charge in [0.15, 0.2) is 0 Å². The Morgan fingerprint density at radius 2 is 2.29 bits per heavy atom. The molecule has 2 aromatic rings. The van der Waals surface area contributed by atoms with Crippen molar-refractivity contribution in [3.05, 3.63) is 52.5 Å². The van der Waals surface area contributed by atoms with Gasteiger partial charge in [0.2, 0.25) is 0 Å². The van der Waals surface area contributed by atoms with Crippen LogP contribution in [0.1, 0.15) is 11.4 Å². The van der Waals surface area contributed by atoms with Gasteiger partial charge in [-0.05, 0) is 39.7 Å². The molecule has 2 rings (SSSR count). The molecule has 1 heterocycles. The number of aliphatic carboxylic acids is 1. The molecule has 0 radical (unpaired) electrons. The molecule has 0 bridgehead atoms. The zero-order valence-electron chi connectivity index (χ0n) is 11.8. The van der Waals surface area contributed by atoms with Gasteiger partial charge >= 0.3 is 5.97 Å². The molecular weight excluding hydrogens is 334 g/mol. The Morgan fingerprint density at radius 3 is 2.86 bits per heavy atom. The van der Waals surface area contributed by atoms with E-state index in [4.69, 9.17) is 5.11 Å². The monoisotopic (exact) mass is 349 g/mol. The summed E-state index contributed by atoms with van der Waals surface area (Å²) in [5, 5.41) is 8.64. The number of imidazole rings is 1. The molecule has 0 amide bonds. The number of anilines is 1. The van der Waals surface area contributed by atoms with Gasteiger partial charge in [0.25, 0.3) is 0 Å². The molecule has 21 heavy (non-hydrogen) atoms. The highest BCUT2D eigenvalue weighted by molar-refractivity contribution is 9.10. The van der Waals surface area contributed by atoms with Crippen LogP contribution < -0.4 is 4.90 Å². The number of rotatable bonds is 5. The Morgan fingerprint density at radius 1 is 1.52 bits per heavy atom. The van der Waals surface area contributed by atoms with Gasteiger partial charge in [-0.1, -0.05) is 6.07 Å². The molecule has 1 aromatic heterocycles. The third-order valence-electron chi connectivity index (χ3n) is 3.10. The maximum Gasteiger partial charge on any atom is 0.328 e. The Bertz CT molecular complexity index is 679. The Labute approximate surface area is 131 Å². The van der Waals surface area contributed by atoms with E-state index in [0.29, 0.717) is 6.54 Å². The number of carboxylic acids is 1. The first-order valence-corrected chi connectivity index (χ1v) is 7.14. The molecule has 0 aliphatic rings. The topological polar surface area (TPSA) is 58.4 Å². The maximum absolute atomic E-state index is 10.5. The summed E-state index contributed by atoms with van der Waals surface area (Å²) in [5.74, 6) is 0.0151. The van der Waals surface area contributed by atoms with Crippen molar-refractivity contribution < 1.29 is 9.90 Å². The lowest BCUT2D eigenvalue weighted by molar-refractivity contribution is -0.131. The van der Waals surface area contributed by atoms with E-state index >= 15 is 0 Å². The molecule has 0 fully saturated rings. The number of aromatic nitrogens is 2. The summed E-state index contributed by atoms with van der Waals surface area (Å²) in [4.78, 5) is 16.9. The third-order valence-corrected chi connectivity index (χ3v) is 3.74. The van der Waals surface area contributed by atoms with Gasteiger partial charge in [0, 0.05) is 37.0 Å². The van der Waals surface area contributed by atoms with Gasteiger partial charge in [-0.3, -0.25) is 0 Å². The summed E-state index contributed by atoms with van der Waals surface area (Å²) >= 11 is 3.53. The highest BCUT2D eigenvalue weighted by atomic mass is 79.9. The Kier molecular flexibility index (Phi) is 4.80. The van der Waals surface area contributed by atoms with Gasteiger partial charge < -0.3 is 14.6 Å². The largest absolute Gasteiger partial charge is 0.478 e. The van der Waals surface area contributed by atoms with Crippen molar-refractivity contribution in [3.63, 3.8) is 0 Å². The van der Waals surface area contributed by atoms with Crippen molar-refractivity contribution in [1.82, 2.24) is 9.55 Å². The number of nitrogens with zero attached hydrogens (tertiary/aromatic N) is 3. The van der Waals surface area contributed by atoms with Crippen molar-refractivity contribution in [2.75, 3.05) is 11.9 Å². The van der Waals surface area contributed by atoms with E-state index in [2.05, 4.69) is 25.8 Å². The van der Waals surface area contributed by atoms with Crippen LogP contribution in [0.2, 0.25) is 0 Å². The second-order valence-corrected chi connectivity index (χ2v) is 5.55. The first-order valence-electron chi connectivity index (χ1n) is 6.35. The van der Waals surface area contributed by atoms with E-state index in [1.165, 1.54) is 0 Å². The molecule has 0 saturated heterocycles. The predicted molar refractivity (Wildman–Crippen MR) is 86.1 cm³/mol. The highest BCUT2D eigenvalue weighted by Gasteiger charge is 2.09. The molecule has 110 valence electrons. The number of hydrogen-bond donors (Lipinski definition) is 1. The van der Waals surface area contributed by atoms with Crippen LogP contribution in [-0.2, 0) is 18.4 Å². The maximum atomic E-state index is 10.5. The molecule has 0 aliphatic carbocycles. The van der Waals surface area contributed by atoms with E-state index in [1.807, 2.05) is 43.1 Å². The van der Waals surface area contributed by atoms with Gasteiger partial charge in [0.1, 0.15) is 5.82 Å². The van der Waals surface area contributed by atoms with E-state index in [1.54, 1.807) is 12.3 Å². The second-order valence-electron chi connectivity index (χ2n) is 4.69. The second kappa shape index (κ2) is 6.58. The Balaban J connectivity index is 2.16. The van der Waals surface area contributed by atoms with E-state index in [9.17, 15) is 4.79 Å². The molecule has 0 aliphatic heterocycles. The van der Waals surface area contributed by atoms with Crippen LogP contribution in [0.4, 0.5) is 5.69 Å². The molecule has 1 aromatic carbocycles. The summed E-state index contributed by atoms with van der Waals surface area (Å²) in [5.41, 5.74) is 1.85. The van der Waals surface area contributed by atoms with Crippen molar-refractivity contribution in [1.29, 1.82) is 0 Å². The minimum absolute atomic E-state index is 0.687. The van der Waals surface area contributed by atoms with Crippen LogP contribution >= 0.6 is 15.9 Å². The van der Waals surface area contributed by atoms with Gasteiger partial charge in [-0.25, -0.2) is 9.78 Å².